The number of fused-ring (bicyclic) bond motifs is 2. The van der Waals surface area contributed by atoms with Crippen molar-refractivity contribution in [1.29, 1.82) is 0 Å². The maximum atomic E-state index is 13.5. The fraction of sp³-hybridized carbons (Fsp3) is 0.688. The number of anilines is 1. The molecule has 0 amide bonds. The Balaban J connectivity index is 1.76. The van der Waals surface area contributed by atoms with Gasteiger partial charge in [-0.3, -0.25) is 0 Å². The van der Waals surface area contributed by atoms with Gasteiger partial charge in [-0.1, -0.05) is 13.8 Å². The number of piperidine rings is 1. The number of hydrogen-bond donors (Lipinski definition) is 1. The van der Waals surface area contributed by atoms with Crippen LogP contribution in [0, 0.1) is 17.7 Å². The lowest BCUT2D eigenvalue weighted by Crippen LogP contribution is -2.34. The smallest absolute Gasteiger partial charge is 0.141 e. The summed E-state index contributed by atoms with van der Waals surface area (Å²) < 4.78 is 13.5. The molecule has 0 spiro atoms. The summed E-state index contributed by atoms with van der Waals surface area (Å²) in [4.78, 5) is 6.79. The minimum Gasteiger partial charge on any atom is -0.353 e. The molecule has 2 heterocycles. The van der Waals surface area contributed by atoms with E-state index in [9.17, 15) is 4.39 Å². The average Bonchev–Trinajstić information content (AvgIpc) is 3.01. The fourth-order valence-electron chi connectivity index (χ4n) is 3.54. The van der Waals surface area contributed by atoms with Gasteiger partial charge in [0.15, 0.2) is 0 Å². The van der Waals surface area contributed by atoms with Gasteiger partial charge in [-0.25, -0.2) is 9.37 Å². The first kappa shape index (κ1) is 13.8. The van der Waals surface area contributed by atoms with Crippen LogP contribution in [0.15, 0.2) is 12.3 Å². The van der Waals surface area contributed by atoms with Gasteiger partial charge in [-0.05, 0) is 43.7 Å². The number of pyridine rings is 1. The molecule has 0 radical (unpaired) electrons. The molecule has 3 rings (SSSR count). The summed E-state index contributed by atoms with van der Waals surface area (Å²) in [7, 11) is 0. The Labute approximate surface area is 120 Å². The second-order valence-electron chi connectivity index (χ2n) is 6.65. The number of nitrogens with zero attached hydrogens (tertiary/aromatic N) is 2. The van der Waals surface area contributed by atoms with E-state index in [0.29, 0.717) is 18.5 Å². The van der Waals surface area contributed by atoms with Crippen molar-refractivity contribution in [2.45, 2.75) is 45.7 Å². The SMILES string of the molecule is CC(C)CNCc1cc(F)cnc1N1CC2CCC1C2. The van der Waals surface area contributed by atoms with E-state index in [1.807, 2.05) is 0 Å². The van der Waals surface area contributed by atoms with Crippen molar-refractivity contribution in [3.05, 3.63) is 23.6 Å². The molecule has 2 bridgehead atoms. The molecular formula is C16H24FN3. The zero-order chi connectivity index (χ0) is 14.1. The summed E-state index contributed by atoms with van der Waals surface area (Å²) in [6.45, 7) is 7.10. The normalized spacial score (nSPS) is 24.9. The molecular weight excluding hydrogens is 253 g/mol. The van der Waals surface area contributed by atoms with Gasteiger partial charge in [0, 0.05) is 24.7 Å². The Morgan fingerprint density at radius 3 is 2.95 bits per heavy atom. The Morgan fingerprint density at radius 1 is 1.45 bits per heavy atom. The second-order valence-corrected chi connectivity index (χ2v) is 6.65. The largest absolute Gasteiger partial charge is 0.353 e. The first-order valence-electron chi connectivity index (χ1n) is 7.75. The highest BCUT2D eigenvalue weighted by atomic mass is 19.1. The standard InChI is InChI=1S/C16H24FN3/c1-11(2)7-18-8-13-6-14(17)9-19-16(13)20-10-12-3-4-15(20)5-12/h6,9,11-12,15,18H,3-5,7-8,10H2,1-2H3. The van der Waals surface area contributed by atoms with Gasteiger partial charge in [-0.2, -0.15) is 0 Å². The fourth-order valence-corrected chi connectivity index (χ4v) is 3.54. The van der Waals surface area contributed by atoms with Crippen LogP contribution in [0.5, 0.6) is 0 Å². The molecule has 1 aliphatic carbocycles. The van der Waals surface area contributed by atoms with Gasteiger partial charge in [0.1, 0.15) is 11.6 Å². The van der Waals surface area contributed by atoms with Crippen molar-refractivity contribution in [2.24, 2.45) is 11.8 Å². The zero-order valence-corrected chi connectivity index (χ0v) is 12.4. The Bertz CT molecular complexity index is 475. The molecule has 1 aromatic heterocycles. The third kappa shape index (κ3) is 2.80. The molecule has 1 saturated carbocycles. The van der Waals surface area contributed by atoms with Gasteiger partial charge < -0.3 is 10.2 Å². The van der Waals surface area contributed by atoms with Crippen LogP contribution >= 0.6 is 0 Å². The number of nitrogens with one attached hydrogen (secondary N) is 1. The maximum Gasteiger partial charge on any atom is 0.141 e. The molecule has 2 atom stereocenters. The van der Waals surface area contributed by atoms with Crippen LogP contribution < -0.4 is 10.2 Å². The monoisotopic (exact) mass is 277 g/mol. The number of halogens is 1. The van der Waals surface area contributed by atoms with Gasteiger partial charge >= 0.3 is 0 Å². The van der Waals surface area contributed by atoms with Crippen LogP contribution in [-0.4, -0.2) is 24.1 Å². The second kappa shape index (κ2) is 5.68. The minimum atomic E-state index is -0.237. The molecule has 1 saturated heterocycles. The quantitative estimate of drug-likeness (QED) is 0.897. The van der Waals surface area contributed by atoms with Crippen molar-refractivity contribution in [3.63, 3.8) is 0 Å². The van der Waals surface area contributed by atoms with E-state index < -0.39 is 0 Å². The summed E-state index contributed by atoms with van der Waals surface area (Å²) in [5, 5.41) is 3.40. The van der Waals surface area contributed by atoms with E-state index >= 15 is 0 Å². The predicted octanol–water partition coefficient (Wildman–Crippen LogP) is 2.96. The molecule has 3 nitrogen and oxygen atoms in total. The van der Waals surface area contributed by atoms with Crippen LogP contribution in [0.25, 0.3) is 0 Å². The van der Waals surface area contributed by atoms with E-state index in [4.69, 9.17) is 0 Å². The third-order valence-corrected chi connectivity index (χ3v) is 4.46. The molecule has 4 heteroatoms. The summed E-state index contributed by atoms with van der Waals surface area (Å²) in [6.07, 6.45) is 5.26. The third-order valence-electron chi connectivity index (χ3n) is 4.46. The van der Waals surface area contributed by atoms with E-state index in [0.717, 1.165) is 30.4 Å². The molecule has 0 aromatic carbocycles. The summed E-state index contributed by atoms with van der Waals surface area (Å²) in [5.41, 5.74) is 0.998. The summed E-state index contributed by atoms with van der Waals surface area (Å²) >= 11 is 0. The highest BCUT2D eigenvalue weighted by molar-refractivity contribution is 5.49. The molecule has 1 aromatic rings. The van der Waals surface area contributed by atoms with Crippen molar-refractivity contribution in [2.75, 3.05) is 18.0 Å². The first-order chi connectivity index (χ1) is 9.63. The van der Waals surface area contributed by atoms with Crippen molar-refractivity contribution in [3.8, 4) is 0 Å². The maximum absolute atomic E-state index is 13.5. The first-order valence-corrected chi connectivity index (χ1v) is 7.75. The zero-order valence-electron chi connectivity index (χ0n) is 12.4. The average molecular weight is 277 g/mol. The molecule has 1 N–H and O–H groups in total. The van der Waals surface area contributed by atoms with Crippen LogP contribution in [-0.2, 0) is 6.54 Å². The molecule has 2 fully saturated rings. The molecule has 2 unspecified atom stereocenters. The number of hydrogen-bond acceptors (Lipinski definition) is 3. The van der Waals surface area contributed by atoms with E-state index in [-0.39, 0.29) is 5.82 Å². The van der Waals surface area contributed by atoms with Gasteiger partial charge in [0.05, 0.1) is 6.20 Å². The Hall–Kier alpha value is -1.16. The minimum absolute atomic E-state index is 0.237. The molecule has 20 heavy (non-hydrogen) atoms. The van der Waals surface area contributed by atoms with Crippen molar-refractivity contribution in [1.82, 2.24) is 10.3 Å². The Morgan fingerprint density at radius 2 is 2.30 bits per heavy atom. The van der Waals surface area contributed by atoms with Crippen LogP contribution in [0.4, 0.5) is 10.2 Å². The summed E-state index contributed by atoms with van der Waals surface area (Å²) in [6, 6.07) is 2.27. The predicted molar refractivity (Wildman–Crippen MR) is 79.2 cm³/mol. The van der Waals surface area contributed by atoms with E-state index in [1.54, 1.807) is 6.07 Å². The lowest BCUT2D eigenvalue weighted by Gasteiger charge is -2.30. The van der Waals surface area contributed by atoms with Crippen LogP contribution in [0.3, 0.4) is 0 Å². The lowest BCUT2D eigenvalue weighted by molar-refractivity contribution is 0.535. The molecule has 2 aliphatic rings. The van der Waals surface area contributed by atoms with Crippen LogP contribution in [0.1, 0.15) is 38.7 Å². The van der Waals surface area contributed by atoms with Gasteiger partial charge in [0.2, 0.25) is 0 Å². The highest BCUT2D eigenvalue weighted by Gasteiger charge is 2.39. The number of rotatable bonds is 5. The van der Waals surface area contributed by atoms with Gasteiger partial charge in [0.25, 0.3) is 0 Å². The molecule has 1 aliphatic heterocycles. The highest BCUT2D eigenvalue weighted by Crippen LogP contribution is 2.40. The molecule has 110 valence electrons. The lowest BCUT2D eigenvalue weighted by atomic mass is 10.1. The topological polar surface area (TPSA) is 28.2 Å². The Kier molecular flexibility index (Phi) is 3.92. The van der Waals surface area contributed by atoms with Crippen LogP contribution in [0.2, 0.25) is 0 Å². The van der Waals surface area contributed by atoms with Crippen molar-refractivity contribution < 1.29 is 4.39 Å². The number of aromatic nitrogens is 1. The summed E-state index contributed by atoms with van der Waals surface area (Å²) in [5.74, 6) is 2.18. The van der Waals surface area contributed by atoms with E-state index in [1.165, 1.54) is 25.5 Å². The van der Waals surface area contributed by atoms with Crippen molar-refractivity contribution >= 4 is 5.82 Å². The van der Waals surface area contributed by atoms with Gasteiger partial charge in [-0.15, -0.1) is 0 Å². The van der Waals surface area contributed by atoms with E-state index in [2.05, 4.69) is 29.0 Å².